The summed E-state index contributed by atoms with van der Waals surface area (Å²) in [6.07, 6.45) is 4.59. The number of pyridine rings is 1. The molecule has 1 aliphatic rings. The third-order valence-corrected chi connectivity index (χ3v) is 8.30. The number of rotatable bonds is 8. The molecular formula is C32H32ClF2N5O4. The number of methoxy groups -OCH3 is 1. The summed E-state index contributed by atoms with van der Waals surface area (Å²) >= 11 is 6.83. The van der Waals surface area contributed by atoms with E-state index in [1.54, 1.807) is 19.1 Å². The summed E-state index contributed by atoms with van der Waals surface area (Å²) in [5.41, 5.74) is 1.49. The average Bonchev–Trinajstić information content (AvgIpc) is 3.00. The lowest BCUT2D eigenvalue weighted by molar-refractivity contribution is 0.0901. The lowest BCUT2D eigenvalue weighted by Crippen LogP contribution is -2.41. The SMILES string of the molecule is COc1nc(-c2cc(F)cc(-c3cc(F)cc(NC(=O)c4ccnn(C)c4=O)c3C)c2Cl)ccc1CN[C@@H]1CCCC[C@@H]1O. The molecule has 0 saturated heterocycles. The van der Waals surface area contributed by atoms with Crippen molar-refractivity contribution in [2.24, 2.45) is 7.05 Å². The third-order valence-electron chi connectivity index (χ3n) is 7.89. The minimum atomic E-state index is -0.748. The largest absolute Gasteiger partial charge is 0.481 e. The standard InChI is InChI=1S/C32H32ClF2N5O4/c1-17-22(12-20(35)15-27(17)38-30(42)21-10-11-37-40(2)32(21)43)23-13-19(34)14-24(29(23)33)25-9-8-18(31(39-25)44-3)16-36-26-6-4-5-7-28(26)41/h8-15,26,28,36,41H,4-7,16H2,1-3H3,(H,38,42)/t26-,28+/m1/s1. The Morgan fingerprint density at radius 1 is 1.09 bits per heavy atom. The van der Waals surface area contributed by atoms with Crippen LogP contribution in [0.4, 0.5) is 14.5 Å². The van der Waals surface area contributed by atoms with Gasteiger partial charge in [-0.15, -0.1) is 0 Å². The Morgan fingerprint density at radius 3 is 2.55 bits per heavy atom. The number of benzene rings is 2. The summed E-state index contributed by atoms with van der Waals surface area (Å²) in [6.45, 7) is 2.05. The number of halogens is 3. The topological polar surface area (TPSA) is 118 Å². The zero-order valence-electron chi connectivity index (χ0n) is 24.5. The Morgan fingerprint density at radius 2 is 1.80 bits per heavy atom. The quantitative estimate of drug-likeness (QED) is 0.240. The number of hydrogen-bond donors (Lipinski definition) is 3. The molecular weight excluding hydrogens is 592 g/mol. The Balaban J connectivity index is 1.48. The zero-order valence-corrected chi connectivity index (χ0v) is 25.2. The van der Waals surface area contributed by atoms with Gasteiger partial charge in [-0.25, -0.2) is 18.4 Å². The van der Waals surface area contributed by atoms with Crippen molar-refractivity contribution in [2.75, 3.05) is 12.4 Å². The highest BCUT2D eigenvalue weighted by molar-refractivity contribution is 6.36. The number of aliphatic hydroxyl groups is 1. The van der Waals surface area contributed by atoms with Gasteiger partial charge >= 0.3 is 0 Å². The van der Waals surface area contributed by atoms with Crippen molar-refractivity contribution in [1.29, 1.82) is 0 Å². The Kier molecular flexibility index (Phi) is 9.38. The van der Waals surface area contributed by atoms with Gasteiger partial charge in [-0.1, -0.05) is 30.5 Å². The average molecular weight is 624 g/mol. The number of carbonyl (C=O) groups excluding carboxylic acids is 1. The first-order valence-electron chi connectivity index (χ1n) is 14.2. The number of anilines is 1. The van der Waals surface area contributed by atoms with Crippen molar-refractivity contribution in [3.8, 4) is 28.3 Å². The molecule has 1 aliphatic carbocycles. The van der Waals surface area contributed by atoms with E-state index in [1.807, 2.05) is 0 Å². The van der Waals surface area contributed by atoms with E-state index in [2.05, 4.69) is 20.7 Å². The van der Waals surface area contributed by atoms with Crippen molar-refractivity contribution in [2.45, 2.75) is 51.3 Å². The monoisotopic (exact) mass is 623 g/mol. The molecule has 1 amide bonds. The maximum absolute atomic E-state index is 15.1. The maximum atomic E-state index is 15.1. The highest BCUT2D eigenvalue weighted by Crippen LogP contribution is 2.40. The molecule has 0 bridgehead atoms. The first-order chi connectivity index (χ1) is 21.1. The first kappa shape index (κ1) is 31.2. The molecule has 4 aromatic rings. The van der Waals surface area contributed by atoms with Crippen molar-refractivity contribution in [1.82, 2.24) is 20.1 Å². The molecule has 2 heterocycles. The van der Waals surface area contributed by atoms with Crippen molar-refractivity contribution in [3.05, 3.63) is 92.4 Å². The number of nitrogens with zero attached hydrogens (tertiary/aromatic N) is 3. The summed E-state index contributed by atoms with van der Waals surface area (Å²) in [5.74, 6) is -1.77. The molecule has 44 heavy (non-hydrogen) atoms. The fourth-order valence-corrected chi connectivity index (χ4v) is 5.76. The molecule has 2 atom stereocenters. The Hall–Kier alpha value is -4.19. The molecule has 0 radical (unpaired) electrons. The summed E-state index contributed by atoms with van der Waals surface area (Å²) in [7, 11) is 2.89. The predicted octanol–water partition coefficient (Wildman–Crippen LogP) is 5.40. The van der Waals surface area contributed by atoms with Gasteiger partial charge in [-0.2, -0.15) is 5.10 Å². The number of carbonyl (C=O) groups is 1. The van der Waals surface area contributed by atoms with E-state index in [-0.39, 0.29) is 39.0 Å². The molecule has 1 saturated carbocycles. The number of amides is 1. The van der Waals surface area contributed by atoms with Crippen molar-refractivity contribution < 1.29 is 23.4 Å². The van der Waals surface area contributed by atoms with E-state index in [1.165, 1.54) is 44.6 Å². The first-order valence-corrected chi connectivity index (χ1v) is 14.5. The Bertz CT molecular complexity index is 1780. The summed E-state index contributed by atoms with van der Waals surface area (Å²) in [6, 6.07) is 9.47. The van der Waals surface area contributed by atoms with Crippen LogP contribution in [0.1, 0.15) is 47.2 Å². The van der Waals surface area contributed by atoms with Crippen LogP contribution in [0.25, 0.3) is 22.4 Å². The van der Waals surface area contributed by atoms with Gasteiger partial charge in [0.1, 0.15) is 17.2 Å². The van der Waals surface area contributed by atoms with Gasteiger partial charge in [-0.3, -0.25) is 9.59 Å². The van der Waals surface area contributed by atoms with Crippen LogP contribution in [0.5, 0.6) is 5.88 Å². The highest BCUT2D eigenvalue weighted by atomic mass is 35.5. The third kappa shape index (κ3) is 6.50. The predicted molar refractivity (Wildman–Crippen MR) is 164 cm³/mol. The number of aromatic nitrogens is 3. The van der Waals surface area contributed by atoms with Crippen LogP contribution in [-0.2, 0) is 13.6 Å². The lowest BCUT2D eigenvalue weighted by atomic mass is 9.92. The van der Waals surface area contributed by atoms with E-state index < -0.39 is 29.2 Å². The molecule has 2 aromatic heterocycles. The smallest absolute Gasteiger partial charge is 0.279 e. The van der Waals surface area contributed by atoms with Crippen LogP contribution in [0.15, 0.2) is 53.5 Å². The molecule has 3 N–H and O–H groups in total. The second-order valence-electron chi connectivity index (χ2n) is 10.8. The van der Waals surface area contributed by atoms with E-state index in [0.717, 1.165) is 42.0 Å². The van der Waals surface area contributed by atoms with Gasteiger partial charge in [0, 0.05) is 48.2 Å². The van der Waals surface area contributed by atoms with Crippen LogP contribution >= 0.6 is 11.6 Å². The van der Waals surface area contributed by atoms with Crippen molar-refractivity contribution >= 4 is 23.2 Å². The number of aryl methyl sites for hydroxylation is 1. The van der Waals surface area contributed by atoms with Gasteiger partial charge < -0.3 is 20.5 Å². The van der Waals surface area contributed by atoms with Crippen LogP contribution in [0.3, 0.4) is 0 Å². The number of aliphatic hydroxyl groups excluding tert-OH is 1. The lowest BCUT2D eigenvalue weighted by Gasteiger charge is -2.28. The molecule has 230 valence electrons. The Labute approximate surface area is 257 Å². The molecule has 1 fully saturated rings. The number of nitrogens with one attached hydrogen (secondary N) is 2. The van der Waals surface area contributed by atoms with E-state index in [4.69, 9.17) is 16.3 Å². The molecule has 5 rings (SSSR count). The van der Waals surface area contributed by atoms with Gasteiger partial charge in [0.2, 0.25) is 5.88 Å². The highest BCUT2D eigenvalue weighted by Gasteiger charge is 2.24. The molecule has 0 aliphatic heterocycles. The minimum Gasteiger partial charge on any atom is -0.481 e. The fraction of sp³-hybridized carbons (Fsp3) is 0.312. The second-order valence-corrected chi connectivity index (χ2v) is 11.2. The van der Waals surface area contributed by atoms with Gasteiger partial charge in [0.05, 0.1) is 23.9 Å². The molecule has 2 aromatic carbocycles. The van der Waals surface area contributed by atoms with Crippen LogP contribution in [0.2, 0.25) is 5.02 Å². The zero-order chi connectivity index (χ0) is 31.5. The number of hydrogen-bond acceptors (Lipinski definition) is 7. The number of ether oxygens (including phenoxy) is 1. The van der Waals surface area contributed by atoms with E-state index in [0.29, 0.717) is 23.7 Å². The molecule has 9 nitrogen and oxygen atoms in total. The fourth-order valence-electron chi connectivity index (χ4n) is 5.45. The van der Waals surface area contributed by atoms with Crippen LogP contribution in [0, 0.1) is 18.6 Å². The van der Waals surface area contributed by atoms with Gasteiger partial charge in [0.15, 0.2) is 0 Å². The molecule has 0 spiro atoms. The normalized spacial score (nSPS) is 16.5. The van der Waals surface area contributed by atoms with Gasteiger partial charge in [-0.05, 0) is 67.3 Å². The summed E-state index contributed by atoms with van der Waals surface area (Å²) in [4.78, 5) is 29.8. The second kappa shape index (κ2) is 13.2. The molecule has 0 unspecified atom stereocenters. The summed E-state index contributed by atoms with van der Waals surface area (Å²) < 4.78 is 36.5. The minimum absolute atomic E-state index is 0.0207. The molecule has 12 heteroatoms. The van der Waals surface area contributed by atoms with Gasteiger partial charge in [0.25, 0.3) is 11.5 Å². The van der Waals surface area contributed by atoms with Crippen LogP contribution in [-0.4, -0.2) is 45.0 Å². The van der Waals surface area contributed by atoms with E-state index in [9.17, 15) is 19.1 Å². The van der Waals surface area contributed by atoms with E-state index >= 15 is 4.39 Å². The maximum Gasteiger partial charge on any atom is 0.279 e. The van der Waals surface area contributed by atoms with Crippen LogP contribution < -0.4 is 20.9 Å². The summed E-state index contributed by atoms with van der Waals surface area (Å²) in [5, 5.41) is 20.2. The van der Waals surface area contributed by atoms with Crippen molar-refractivity contribution in [3.63, 3.8) is 0 Å².